The van der Waals surface area contributed by atoms with E-state index >= 15 is 0 Å². The Bertz CT molecular complexity index is 843. The number of hydrogen-bond acceptors (Lipinski definition) is 4. The van der Waals surface area contributed by atoms with Crippen LogP contribution in [-0.4, -0.2) is 68.2 Å². The summed E-state index contributed by atoms with van der Waals surface area (Å²) in [5, 5.41) is 3.55. The van der Waals surface area contributed by atoms with Crippen LogP contribution in [0.15, 0.2) is 59.6 Å². The van der Waals surface area contributed by atoms with Gasteiger partial charge < -0.3 is 19.7 Å². The van der Waals surface area contributed by atoms with Gasteiger partial charge in [-0.15, -0.1) is 24.0 Å². The van der Waals surface area contributed by atoms with Crippen molar-refractivity contribution in [3.63, 3.8) is 0 Å². The van der Waals surface area contributed by atoms with Gasteiger partial charge in [0.25, 0.3) is 0 Å². The van der Waals surface area contributed by atoms with Crippen LogP contribution in [0.2, 0.25) is 0 Å². The van der Waals surface area contributed by atoms with E-state index in [1.54, 1.807) is 0 Å². The maximum absolute atomic E-state index is 5.89. The molecule has 0 saturated carbocycles. The maximum atomic E-state index is 5.89. The lowest BCUT2D eigenvalue weighted by atomic mass is 10.1. The van der Waals surface area contributed by atoms with Gasteiger partial charge in [0, 0.05) is 45.8 Å². The number of halogens is 1. The Morgan fingerprint density at radius 2 is 1.72 bits per heavy atom. The number of morpholine rings is 1. The van der Waals surface area contributed by atoms with E-state index < -0.39 is 0 Å². The van der Waals surface area contributed by atoms with E-state index in [-0.39, 0.29) is 24.0 Å². The van der Waals surface area contributed by atoms with E-state index in [4.69, 9.17) is 9.47 Å². The molecule has 0 aliphatic carbocycles. The topological polar surface area (TPSA) is 49.3 Å². The molecule has 2 aliphatic heterocycles. The molecule has 4 rings (SSSR count). The predicted octanol–water partition coefficient (Wildman–Crippen LogP) is 3.50. The van der Waals surface area contributed by atoms with Crippen molar-refractivity contribution in [2.45, 2.75) is 32.2 Å². The molecule has 7 heteroatoms. The zero-order valence-corrected chi connectivity index (χ0v) is 21.2. The van der Waals surface area contributed by atoms with Crippen LogP contribution in [0.25, 0.3) is 0 Å². The van der Waals surface area contributed by atoms with Crippen molar-refractivity contribution in [1.29, 1.82) is 0 Å². The Balaban J connectivity index is 0.00000289. The second-order valence-corrected chi connectivity index (χ2v) is 8.24. The van der Waals surface area contributed by atoms with Gasteiger partial charge in [0.2, 0.25) is 0 Å². The van der Waals surface area contributed by atoms with E-state index in [1.807, 2.05) is 25.2 Å². The third kappa shape index (κ3) is 7.16. The lowest BCUT2D eigenvalue weighted by molar-refractivity contribution is 0.0195. The fourth-order valence-electron chi connectivity index (χ4n) is 4.38. The summed E-state index contributed by atoms with van der Waals surface area (Å²) in [4.78, 5) is 9.48. The molecule has 2 saturated heterocycles. The number of guanidine groups is 1. The average molecular weight is 550 g/mol. The van der Waals surface area contributed by atoms with E-state index in [2.05, 4.69) is 56.5 Å². The normalized spacial score (nSPS) is 19.6. The zero-order valence-electron chi connectivity index (χ0n) is 18.9. The highest BCUT2D eigenvalue weighted by Gasteiger charge is 2.30. The Kier molecular flexibility index (Phi) is 10.2. The molecule has 0 aromatic heterocycles. The van der Waals surface area contributed by atoms with E-state index in [1.165, 1.54) is 23.1 Å². The number of likely N-dealkylation sites (tertiary alicyclic amines) is 1. The number of aliphatic imine (C=N–C) groups is 1. The van der Waals surface area contributed by atoms with Crippen LogP contribution in [0.3, 0.4) is 0 Å². The summed E-state index contributed by atoms with van der Waals surface area (Å²) >= 11 is 0. The quantitative estimate of drug-likeness (QED) is 0.325. The molecule has 1 atom stereocenters. The van der Waals surface area contributed by atoms with Gasteiger partial charge in [-0.2, -0.15) is 0 Å². The predicted molar refractivity (Wildman–Crippen MR) is 139 cm³/mol. The molecular formula is C25H35IN4O2. The average Bonchev–Trinajstić information content (AvgIpc) is 3.31. The number of ether oxygens (including phenoxy) is 2. The SMILES string of the molecule is CN=C(NCc1cccc(COCc2ccccc2)c1)N1CCC(N2CCOCC2)C1.I. The molecule has 2 aromatic carbocycles. The Hall–Kier alpha value is -1.68. The maximum Gasteiger partial charge on any atom is 0.193 e. The summed E-state index contributed by atoms with van der Waals surface area (Å²) < 4.78 is 11.4. The highest BCUT2D eigenvalue weighted by atomic mass is 127. The van der Waals surface area contributed by atoms with Crippen molar-refractivity contribution >= 4 is 29.9 Å². The third-order valence-corrected chi connectivity index (χ3v) is 6.06. The minimum absolute atomic E-state index is 0. The first-order valence-electron chi connectivity index (χ1n) is 11.3. The van der Waals surface area contributed by atoms with E-state index in [0.717, 1.165) is 51.9 Å². The van der Waals surface area contributed by atoms with E-state index in [9.17, 15) is 0 Å². The van der Waals surface area contributed by atoms with Crippen molar-refractivity contribution in [3.8, 4) is 0 Å². The summed E-state index contributed by atoms with van der Waals surface area (Å²) in [5.41, 5.74) is 3.63. The standard InChI is InChI=1S/C25H34N4O2.HI/c1-26-25(29-11-10-24(18-29)28-12-14-30-15-13-28)27-17-22-8-5-9-23(16-22)20-31-19-21-6-3-2-4-7-21;/h2-9,16,24H,10-15,17-20H2,1H3,(H,26,27);1H. The van der Waals surface area contributed by atoms with Crippen LogP contribution in [0.4, 0.5) is 0 Å². The van der Waals surface area contributed by atoms with Crippen molar-refractivity contribution in [2.24, 2.45) is 4.99 Å². The zero-order chi connectivity index (χ0) is 21.3. The van der Waals surface area contributed by atoms with Gasteiger partial charge in [-0.25, -0.2) is 0 Å². The van der Waals surface area contributed by atoms with Gasteiger partial charge in [0.1, 0.15) is 0 Å². The molecule has 2 heterocycles. The molecule has 2 fully saturated rings. The Labute approximate surface area is 209 Å². The van der Waals surface area contributed by atoms with Gasteiger partial charge in [-0.3, -0.25) is 9.89 Å². The van der Waals surface area contributed by atoms with E-state index in [0.29, 0.717) is 19.3 Å². The fraction of sp³-hybridized carbons (Fsp3) is 0.480. The lowest BCUT2D eigenvalue weighted by Crippen LogP contribution is -2.46. The van der Waals surface area contributed by atoms with Gasteiger partial charge >= 0.3 is 0 Å². The molecule has 174 valence electrons. The number of nitrogens with zero attached hydrogens (tertiary/aromatic N) is 3. The van der Waals surface area contributed by atoms with Crippen molar-refractivity contribution < 1.29 is 9.47 Å². The first-order valence-corrected chi connectivity index (χ1v) is 11.3. The van der Waals surface area contributed by atoms with Gasteiger partial charge in [0.15, 0.2) is 5.96 Å². The van der Waals surface area contributed by atoms with Crippen molar-refractivity contribution in [1.82, 2.24) is 15.1 Å². The molecule has 1 N–H and O–H groups in total. The smallest absolute Gasteiger partial charge is 0.193 e. The number of benzene rings is 2. The van der Waals surface area contributed by atoms with Crippen LogP contribution < -0.4 is 5.32 Å². The fourth-order valence-corrected chi connectivity index (χ4v) is 4.38. The highest BCUT2D eigenvalue weighted by molar-refractivity contribution is 14.0. The first-order chi connectivity index (χ1) is 15.3. The second kappa shape index (κ2) is 13.1. The minimum atomic E-state index is 0. The Morgan fingerprint density at radius 3 is 2.50 bits per heavy atom. The molecule has 0 bridgehead atoms. The number of nitrogens with one attached hydrogen (secondary N) is 1. The van der Waals surface area contributed by atoms with Crippen LogP contribution >= 0.6 is 24.0 Å². The molecule has 0 radical (unpaired) electrons. The van der Waals surface area contributed by atoms with Crippen molar-refractivity contribution in [2.75, 3.05) is 46.4 Å². The Morgan fingerprint density at radius 1 is 1.00 bits per heavy atom. The van der Waals surface area contributed by atoms with Crippen LogP contribution in [0.5, 0.6) is 0 Å². The lowest BCUT2D eigenvalue weighted by Gasteiger charge is -2.32. The van der Waals surface area contributed by atoms with Gasteiger partial charge in [-0.05, 0) is 23.1 Å². The molecule has 1 unspecified atom stereocenters. The third-order valence-electron chi connectivity index (χ3n) is 6.06. The summed E-state index contributed by atoms with van der Waals surface area (Å²) in [5.74, 6) is 0.987. The molecule has 6 nitrogen and oxygen atoms in total. The summed E-state index contributed by atoms with van der Waals surface area (Å²) in [6.07, 6.45) is 1.19. The van der Waals surface area contributed by atoms with Gasteiger partial charge in [0.05, 0.1) is 26.4 Å². The monoisotopic (exact) mass is 550 g/mol. The molecule has 0 spiro atoms. The molecule has 0 amide bonds. The second-order valence-electron chi connectivity index (χ2n) is 8.24. The first kappa shape index (κ1) is 25.0. The molecule has 32 heavy (non-hydrogen) atoms. The molecule has 2 aliphatic rings. The molecular weight excluding hydrogens is 515 g/mol. The van der Waals surface area contributed by atoms with Crippen LogP contribution in [0, 0.1) is 0 Å². The summed E-state index contributed by atoms with van der Waals surface area (Å²) in [7, 11) is 1.87. The van der Waals surface area contributed by atoms with Crippen LogP contribution in [-0.2, 0) is 29.2 Å². The minimum Gasteiger partial charge on any atom is -0.379 e. The summed E-state index contributed by atoms with van der Waals surface area (Å²) in [6.45, 7) is 7.90. The van der Waals surface area contributed by atoms with Gasteiger partial charge in [-0.1, -0.05) is 54.6 Å². The molecule has 2 aromatic rings. The number of rotatable bonds is 7. The summed E-state index contributed by atoms with van der Waals surface area (Å²) in [6, 6.07) is 19.5. The van der Waals surface area contributed by atoms with Crippen molar-refractivity contribution in [3.05, 3.63) is 71.3 Å². The largest absolute Gasteiger partial charge is 0.379 e. The number of hydrogen-bond donors (Lipinski definition) is 1. The van der Waals surface area contributed by atoms with Crippen LogP contribution in [0.1, 0.15) is 23.1 Å². The highest BCUT2D eigenvalue weighted by Crippen LogP contribution is 2.17.